The van der Waals surface area contributed by atoms with Gasteiger partial charge in [-0.3, -0.25) is 19.9 Å². The Labute approximate surface area is 115 Å². The molecule has 0 bridgehead atoms. The van der Waals surface area contributed by atoms with Gasteiger partial charge in [0.2, 0.25) is 0 Å². The minimum absolute atomic E-state index is 0.0107. The van der Waals surface area contributed by atoms with Crippen molar-refractivity contribution < 1.29 is 9.72 Å². The minimum atomic E-state index is -0.444. The lowest BCUT2D eigenvalue weighted by Crippen LogP contribution is -1.93. The molecule has 0 atom stereocenters. The molecule has 0 saturated carbocycles. The van der Waals surface area contributed by atoms with Crippen molar-refractivity contribution >= 4 is 23.4 Å². The van der Waals surface area contributed by atoms with Crippen molar-refractivity contribution in [3.05, 3.63) is 69.8 Å². The highest BCUT2D eigenvalue weighted by molar-refractivity contribution is 5.94. The average Bonchev–Trinajstić information content (AvgIpc) is 2.45. The number of nitrogens with zero attached hydrogens (tertiary/aromatic N) is 2. The zero-order valence-electron chi connectivity index (χ0n) is 10.8. The predicted octanol–water partition coefficient (Wildman–Crippen LogP) is 3.55. The van der Waals surface area contributed by atoms with Crippen molar-refractivity contribution in [2.75, 3.05) is 0 Å². The average molecular weight is 268 g/mol. The molecule has 2 aromatic rings. The lowest BCUT2D eigenvalue weighted by atomic mass is 10.1. The fourth-order valence-corrected chi connectivity index (χ4v) is 1.69. The van der Waals surface area contributed by atoms with Crippen LogP contribution in [-0.2, 0) is 0 Å². The van der Waals surface area contributed by atoms with Crippen molar-refractivity contribution in [1.82, 2.24) is 0 Å². The molecule has 0 saturated heterocycles. The van der Waals surface area contributed by atoms with Crippen LogP contribution >= 0.6 is 0 Å². The third kappa shape index (κ3) is 3.14. The van der Waals surface area contributed by atoms with Gasteiger partial charge in [-0.1, -0.05) is 12.1 Å². The smallest absolute Gasteiger partial charge is 0.278 e. The summed E-state index contributed by atoms with van der Waals surface area (Å²) < 4.78 is 0. The van der Waals surface area contributed by atoms with Gasteiger partial charge in [0.15, 0.2) is 5.78 Å². The van der Waals surface area contributed by atoms with Crippen LogP contribution in [0.2, 0.25) is 0 Å². The van der Waals surface area contributed by atoms with Gasteiger partial charge in [-0.2, -0.15) is 0 Å². The summed E-state index contributed by atoms with van der Waals surface area (Å²) in [5.41, 5.74) is 1.69. The first-order valence-corrected chi connectivity index (χ1v) is 5.96. The summed E-state index contributed by atoms with van der Waals surface area (Å²) in [6, 6.07) is 13.1. The summed E-state index contributed by atoms with van der Waals surface area (Å²) in [6.45, 7) is 1.49. The number of aliphatic imine (C=N–C) groups is 1. The molecule has 5 heteroatoms. The summed E-state index contributed by atoms with van der Waals surface area (Å²) in [6.07, 6.45) is 1.45. The summed E-state index contributed by atoms with van der Waals surface area (Å²) >= 11 is 0. The van der Waals surface area contributed by atoms with Gasteiger partial charge in [-0.25, -0.2) is 0 Å². The fraction of sp³-hybridized carbons (Fsp3) is 0.0667. The van der Waals surface area contributed by atoms with Gasteiger partial charge in [0.05, 0.1) is 16.2 Å². The van der Waals surface area contributed by atoms with Gasteiger partial charge in [-0.15, -0.1) is 0 Å². The third-order valence-corrected chi connectivity index (χ3v) is 2.76. The highest BCUT2D eigenvalue weighted by atomic mass is 16.6. The van der Waals surface area contributed by atoms with E-state index in [1.807, 2.05) is 0 Å². The Kier molecular flexibility index (Phi) is 4.00. The highest BCUT2D eigenvalue weighted by Gasteiger charge is 2.09. The Morgan fingerprint density at radius 2 is 1.80 bits per heavy atom. The molecule has 2 rings (SSSR count). The Hall–Kier alpha value is -2.82. The number of hydrogen-bond donors (Lipinski definition) is 0. The Bertz CT molecular complexity index is 676. The summed E-state index contributed by atoms with van der Waals surface area (Å²) in [5, 5.41) is 10.9. The van der Waals surface area contributed by atoms with Crippen LogP contribution < -0.4 is 0 Å². The molecule has 2 aromatic carbocycles. The Morgan fingerprint density at radius 3 is 2.40 bits per heavy atom. The molecule has 0 unspecified atom stereocenters. The predicted molar refractivity (Wildman–Crippen MR) is 76.8 cm³/mol. The van der Waals surface area contributed by atoms with Crippen LogP contribution in [0, 0.1) is 10.1 Å². The number of rotatable bonds is 4. The fourth-order valence-electron chi connectivity index (χ4n) is 1.69. The number of nitro benzene ring substituents is 1. The molecule has 0 fully saturated rings. The van der Waals surface area contributed by atoms with E-state index in [2.05, 4.69) is 4.99 Å². The lowest BCUT2D eigenvalue weighted by molar-refractivity contribution is -0.385. The zero-order valence-corrected chi connectivity index (χ0v) is 10.8. The third-order valence-electron chi connectivity index (χ3n) is 2.76. The molecule has 100 valence electrons. The van der Waals surface area contributed by atoms with Gasteiger partial charge in [0.1, 0.15) is 0 Å². The Balaban J connectivity index is 2.25. The first kappa shape index (κ1) is 13.6. The van der Waals surface area contributed by atoms with Crippen molar-refractivity contribution in [1.29, 1.82) is 0 Å². The van der Waals surface area contributed by atoms with E-state index < -0.39 is 4.92 Å². The van der Waals surface area contributed by atoms with Crippen molar-refractivity contribution in [2.24, 2.45) is 4.99 Å². The number of carbonyl (C=O) groups is 1. The van der Waals surface area contributed by atoms with Crippen LogP contribution in [-0.4, -0.2) is 16.9 Å². The van der Waals surface area contributed by atoms with Crippen molar-refractivity contribution in [2.45, 2.75) is 6.92 Å². The second-order valence-electron chi connectivity index (χ2n) is 4.18. The van der Waals surface area contributed by atoms with E-state index in [-0.39, 0.29) is 11.5 Å². The first-order chi connectivity index (χ1) is 9.58. The van der Waals surface area contributed by atoms with Gasteiger partial charge in [-0.05, 0) is 37.3 Å². The maximum Gasteiger partial charge on any atom is 0.278 e. The van der Waals surface area contributed by atoms with Crippen LogP contribution in [0.25, 0.3) is 0 Å². The van der Waals surface area contributed by atoms with Gasteiger partial charge in [0.25, 0.3) is 5.69 Å². The zero-order chi connectivity index (χ0) is 14.5. The molecule has 0 aliphatic heterocycles. The lowest BCUT2D eigenvalue weighted by Gasteiger charge is -1.98. The molecular formula is C15H12N2O3. The Morgan fingerprint density at radius 1 is 1.15 bits per heavy atom. The maximum atomic E-state index is 11.1. The molecule has 0 spiro atoms. The molecule has 5 nitrogen and oxygen atoms in total. The van der Waals surface area contributed by atoms with Crippen LogP contribution in [0.15, 0.2) is 53.5 Å². The number of carbonyl (C=O) groups excluding carboxylic acids is 1. The summed E-state index contributed by atoms with van der Waals surface area (Å²) in [4.78, 5) is 25.7. The molecule has 0 heterocycles. The minimum Gasteiger partial charge on any atom is -0.295 e. The number of hydrogen-bond acceptors (Lipinski definition) is 4. The number of nitro groups is 1. The quantitative estimate of drug-likeness (QED) is 0.368. The van der Waals surface area contributed by atoms with Crippen LogP contribution in [0.3, 0.4) is 0 Å². The van der Waals surface area contributed by atoms with E-state index in [4.69, 9.17) is 0 Å². The molecule has 0 N–H and O–H groups in total. The molecule has 20 heavy (non-hydrogen) atoms. The molecule has 0 amide bonds. The number of benzene rings is 2. The van der Waals surface area contributed by atoms with E-state index in [1.54, 1.807) is 42.5 Å². The van der Waals surface area contributed by atoms with E-state index in [0.717, 1.165) is 0 Å². The van der Waals surface area contributed by atoms with Crippen LogP contribution in [0.1, 0.15) is 22.8 Å². The maximum absolute atomic E-state index is 11.1. The first-order valence-electron chi connectivity index (χ1n) is 5.96. The second-order valence-corrected chi connectivity index (χ2v) is 4.18. The molecule has 0 aromatic heterocycles. The number of para-hydroxylation sites is 1. The molecule has 0 aliphatic carbocycles. The van der Waals surface area contributed by atoms with E-state index in [0.29, 0.717) is 16.8 Å². The molecular weight excluding hydrogens is 256 g/mol. The number of ketones is 1. The normalized spacial score (nSPS) is 10.7. The van der Waals surface area contributed by atoms with E-state index >= 15 is 0 Å². The number of Topliss-reactive ketones (excluding diaryl/α,β-unsaturated/α-hetero) is 1. The monoisotopic (exact) mass is 268 g/mol. The molecule has 0 aliphatic rings. The standard InChI is InChI=1S/C15H12N2O3/c1-11(18)12-6-8-14(9-7-12)16-10-13-4-2-3-5-15(13)17(19)20/h2-10H,1H3. The SMILES string of the molecule is CC(=O)c1ccc(N=Cc2ccccc2[N+](=O)[O-])cc1. The van der Waals surface area contributed by atoms with Gasteiger partial charge in [0, 0.05) is 17.8 Å². The highest BCUT2D eigenvalue weighted by Crippen LogP contribution is 2.18. The van der Waals surface area contributed by atoms with Gasteiger partial charge >= 0.3 is 0 Å². The van der Waals surface area contributed by atoms with E-state index in [9.17, 15) is 14.9 Å². The van der Waals surface area contributed by atoms with Crippen molar-refractivity contribution in [3.8, 4) is 0 Å². The topological polar surface area (TPSA) is 72.6 Å². The largest absolute Gasteiger partial charge is 0.295 e. The summed E-state index contributed by atoms with van der Waals surface area (Å²) in [7, 11) is 0. The van der Waals surface area contributed by atoms with Crippen LogP contribution in [0.4, 0.5) is 11.4 Å². The summed E-state index contributed by atoms with van der Waals surface area (Å²) in [5.74, 6) is -0.0146. The second kappa shape index (κ2) is 5.88. The van der Waals surface area contributed by atoms with Gasteiger partial charge < -0.3 is 0 Å². The van der Waals surface area contributed by atoms with E-state index in [1.165, 1.54) is 19.2 Å². The molecule has 0 radical (unpaired) electrons. The van der Waals surface area contributed by atoms with Crippen LogP contribution in [0.5, 0.6) is 0 Å². The van der Waals surface area contributed by atoms with Crippen molar-refractivity contribution in [3.63, 3.8) is 0 Å².